The average molecular weight is 441 g/mol. The molecule has 2 rings (SSSR count). The van der Waals surface area contributed by atoms with Gasteiger partial charge in [0.15, 0.2) is 0 Å². The molecule has 2 aromatic rings. The lowest BCUT2D eigenvalue weighted by Crippen LogP contribution is -2.40. The van der Waals surface area contributed by atoms with Crippen molar-refractivity contribution in [3.05, 3.63) is 57.6 Å². The summed E-state index contributed by atoms with van der Waals surface area (Å²) >= 11 is 2.09. The van der Waals surface area contributed by atoms with Crippen molar-refractivity contribution in [3.63, 3.8) is 0 Å². The molecular weight excluding hydrogens is 421 g/mol. The smallest absolute Gasteiger partial charge is 0.252 e. The quantitative estimate of drug-likeness (QED) is 0.646. The van der Waals surface area contributed by atoms with Crippen molar-refractivity contribution < 1.29 is 14.0 Å². The number of amides is 2. The van der Waals surface area contributed by atoms with Gasteiger partial charge in [0.2, 0.25) is 5.91 Å². The number of hydrogen-bond donors (Lipinski definition) is 2. The van der Waals surface area contributed by atoms with Gasteiger partial charge >= 0.3 is 0 Å². The highest BCUT2D eigenvalue weighted by Gasteiger charge is 2.18. The number of likely N-dealkylation sites (N-methyl/N-ethyl adjacent to an activating group) is 1. The van der Waals surface area contributed by atoms with E-state index in [2.05, 4.69) is 33.2 Å². The van der Waals surface area contributed by atoms with Crippen LogP contribution in [0.5, 0.6) is 0 Å². The van der Waals surface area contributed by atoms with Crippen molar-refractivity contribution in [2.45, 2.75) is 6.04 Å². The summed E-state index contributed by atoms with van der Waals surface area (Å²) in [6, 6.07) is 10.9. The van der Waals surface area contributed by atoms with Crippen LogP contribution in [0.2, 0.25) is 0 Å². The fourth-order valence-electron chi connectivity index (χ4n) is 2.19. The Kier molecular flexibility index (Phi) is 6.80. The molecule has 0 aliphatic rings. The van der Waals surface area contributed by atoms with Crippen LogP contribution in [0.25, 0.3) is 0 Å². The highest BCUT2D eigenvalue weighted by molar-refractivity contribution is 14.1. The number of nitrogens with zero attached hydrogens (tertiary/aromatic N) is 1. The van der Waals surface area contributed by atoms with Crippen LogP contribution < -0.4 is 10.6 Å². The highest BCUT2D eigenvalue weighted by atomic mass is 127. The van der Waals surface area contributed by atoms with Gasteiger partial charge in [-0.25, -0.2) is 0 Å². The summed E-state index contributed by atoms with van der Waals surface area (Å²) in [6.45, 7) is 0.334. The summed E-state index contributed by atoms with van der Waals surface area (Å²) in [7, 11) is 3.83. The largest absolute Gasteiger partial charge is 0.468 e. The summed E-state index contributed by atoms with van der Waals surface area (Å²) < 4.78 is 6.24. The third-order valence-corrected chi connectivity index (χ3v) is 4.46. The molecule has 0 saturated carbocycles. The van der Waals surface area contributed by atoms with Gasteiger partial charge < -0.3 is 15.1 Å². The molecule has 0 radical (unpaired) electrons. The minimum absolute atomic E-state index is 0.0604. The Morgan fingerprint density at radius 1 is 1.17 bits per heavy atom. The van der Waals surface area contributed by atoms with Crippen molar-refractivity contribution in [3.8, 4) is 0 Å². The molecule has 2 N–H and O–H groups in total. The van der Waals surface area contributed by atoms with Gasteiger partial charge in [-0.1, -0.05) is 12.1 Å². The number of carbonyl (C=O) groups is 2. The number of nitrogens with one attached hydrogen (secondary N) is 2. The molecule has 128 valence electrons. The van der Waals surface area contributed by atoms with Crippen LogP contribution in [0.1, 0.15) is 22.2 Å². The fraction of sp³-hybridized carbons (Fsp3) is 0.294. The Morgan fingerprint density at radius 3 is 2.54 bits per heavy atom. The number of rotatable bonds is 7. The molecule has 7 heteroatoms. The first-order valence-electron chi connectivity index (χ1n) is 7.48. The molecule has 1 atom stereocenters. The summed E-state index contributed by atoms with van der Waals surface area (Å²) in [5.41, 5.74) is 0.563. The van der Waals surface area contributed by atoms with E-state index in [1.807, 2.05) is 43.3 Å². The second-order valence-corrected chi connectivity index (χ2v) is 6.62. The summed E-state index contributed by atoms with van der Waals surface area (Å²) in [5, 5.41) is 5.45. The maximum Gasteiger partial charge on any atom is 0.252 e. The maximum absolute atomic E-state index is 12.1. The second-order valence-electron chi connectivity index (χ2n) is 5.46. The van der Waals surface area contributed by atoms with Gasteiger partial charge in [-0.2, -0.15) is 0 Å². The molecule has 1 unspecified atom stereocenters. The minimum Gasteiger partial charge on any atom is -0.468 e. The first-order valence-corrected chi connectivity index (χ1v) is 8.56. The molecule has 0 aliphatic heterocycles. The van der Waals surface area contributed by atoms with Crippen LogP contribution in [0, 0.1) is 3.57 Å². The maximum atomic E-state index is 12.1. The predicted molar refractivity (Wildman–Crippen MR) is 99.6 cm³/mol. The van der Waals surface area contributed by atoms with Gasteiger partial charge in [-0.3, -0.25) is 14.5 Å². The van der Waals surface area contributed by atoms with Crippen molar-refractivity contribution >= 4 is 34.4 Å². The topological polar surface area (TPSA) is 74.6 Å². The van der Waals surface area contributed by atoms with Crippen molar-refractivity contribution in [1.82, 2.24) is 15.5 Å². The molecular formula is C17H20IN3O3. The Balaban J connectivity index is 1.83. The van der Waals surface area contributed by atoms with E-state index in [0.29, 0.717) is 12.1 Å². The van der Waals surface area contributed by atoms with E-state index in [9.17, 15) is 9.59 Å². The van der Waals surface area contributed by atoms with E-state index in [0.717, 1.165) is 9.33 Å². The zero-order valence-electron chi connectivity index (χ0n) is 13.6. The average Bonchev–Trinajstić information content (AvgIpc) is 3.07. The number of furan rings is 1. The first-order chi connectivity index (χ1) is 11.5. The van der Waals surface area contributed by atoms with Gasteiger partial charge in [0, 0.05) is 10.1 Å². The predicted octanol–water partition coefficient (Wildman–Crippen LogP) is 2.03. The van der Waals surface area contributed by atoms with Crippen LogP contribution in [0.4, 0.5) is 0 Å². The standard InChI is InChI=1S/C17H20IN3O3/c1-21(2)14(15-8-5-9-24-15)10-19-16(22)11-20-17(23)12-6-3-4-7-13(12)18/h3-9,14H,10-11H2,1-2H3,(H,19,22)(H,20,23). The summed E-state index contributed by atoms with van der Waals surface area (Å²) in [4.78, 5) is 26.0. The van der Waals surface area contributed by atoms with E-state index in [1.165, 1.54) is 0 Å². The molecule has 24 heavy (non-hydrogen) atoms. The number of carbonyl (C=O) groups excluding carboxylic acids is 2. The SMILES string of the molecule is CN(C)C(CNC(=O)CNC(=O)c1ccccc1I)c1ccco1. The summed E-state index contributed by atoms with van der Waals surface area (Å²) in [6.07, 6.45) is 1.61. The molecule has 1 aromatic carbocycles. The third kappa shape index (κ3) is 5.07. The second kappa shape index (κ2) is 8.84. The van der Waals surface area contributed by atoms with Crippen molar-refractivity contribution in [1.29, 1.82) is 0 Å². The number of benzene rings is 1. The lowest BCUT2D eigenvalue weighted by molar-refractivity contribution is -0.120. The van der Waals surface area contributed by atoms with Crippen LogP contribution in [-0.2, 0) is 4.79 Å². The van der Waals surface area contributed by atoms with Crippen LogP contribution >= 0.6 is 22.6 Å². The monoisotopic (exact) mass is 441 g/mol. The van der Waals surface area contributed by atoms with E-state index >= 15 is 0 Å². The van der Waals surface area contributed by atoms with Crippen LogP contribution in [0.3, 0.4) is 0 Å². The van der Waals surface area contributed by atoms with Crippen LogP contribution in [-0.4, -0.2) is 43.9 Å². The van der Waals surface area contributed by atoms with E-state index in [4.69, 9.17) is 4.42 Å². The normalized spacial score (nSPS) is 12.0. The zero-order valence-corrected chi connectivity index (χ0v) is 15.7. The summed E-state index contributed by atoms with van der Waals surface area (Å²) in [5.74, 6) is 0.279. The molecule has 0 saturated heterocycles. The molecule has 0 fully saturated rings. The van der Waals surface area contributed by atoms with E-state index in [1.54, 1.807) is 18.4 Å². The number of hydrogen-bond acceptors (Lipinski definition) is 4. The molecule has 1 heterocycles. The van der Waals surface area contributed by atoms with Gasteiger partial charge in [0.25, 0.3) is 5.91 Å². The van der Waals surface area contributed by atoms with Crippen molar-refractivity contribution in [2.75, 3.05) is 27.2 Å². The Hall–Kier alpha value is -1.87. The number of halogens is 1. The molecule has 0 bridgehead atoms. The van der Waals surface area contributed by atoms with Crippen LogP contribution in [0.15, 0.2) is 47.1 Å². The lowest BCUT2D eigenvalue weighted by Gasteiger charge is -2.22. The fourth-order valence-corrected chi connectivity index (χ4v) is 2.83. The zero-order chi connectivity index (χ0) is 17.5. The first kappa shape index (κ1) is 18.5. The lowest BCUT2D eigenvalue weighted by atomic mass is 10.2. The molecule has 1 aromatic heterocycles. The Labute approximate surface area is 154 Å². The third-order valence-electron chi connectivity index (χ3n) is 3.52. The minimum atomic E-state index is -0.259. The Bertz CT molecular complexity index is 686. The molecule has 0 spiro atoms. The molecule has 0 aliphatic carbocycles. The van der Waals surface area contributed by atoms with E-state index in [-0.39, 0.29) is 24.4 Å². The van der Waals surface area contributed by atoms with Gasteiger partial charge in [-0.15, -0.1) is 0 Å². The van der Waals surface area contributed by atoms with Crippen molar-refractivity contribution in [2.24, 2.45) is 0 Å². The van der Waals surface area contributed by atoms with Gasteiger partial charge in [0.1, 0.15) is 5.76 Å². The van der Waals surface area contributed by atoms with Gasteiger partial charge in [-0.05, 0) is 61.0 Å². The van der Waals surface area contributed by atoms with Gasteiger partial charge in [0.05, 0.1) is 24.4 Å². The molecule has 6 nitrogen and oxygen atoms in total. The van der Waals surface area contributed by atoms with E-state index < -0.39 is 0 Å². The highest BCUT2D eigenvalue weighted by Crippen LogP contribution is 2.17. The Morgan fingerprint density at radius 2 is 1.92 bits per heavy atom. The molecule has 2 amide bonds.